The molecular formula is C8H6ClF5N2O. The van der Waals surface area contributed by atoms with Gasteiger partial charge < -0.3 is 0 Å². The molecule has 0 radical (unpaired) electrons. The Morgan fingerprint density at radius 1 is 1.41 bits per heavy atom. The van der Waals surface area contributed by atoms with E-state index in [1.807, 2.05) is 0 Å². The molecule has 0 unspecified atom stereocenters. The number of aromatic nitrogens is 2. The molecule has 0 aliphatic carbocycles. The van der Waals surface area contributed by atoms with Crippen LogP contribution in [-0.4, -0.2) is 27.7 Å². The summed E-state index contributed by atoms with van der Waals surface area (Å²) in [6.07, 6.45) is -5.12. The fourth-order valence-corrected chi connectivity index (χ4v) is 1.33. The van der Waals surface area contributed by atoms with E-state index in [1.165, 1.54) is 6.92 Å². The number of ketones is 1. The van der Waals surface area contributed by atoms with E-state index in [0.717, 1.165) is 6.20 Å². The zero-order valence-electron chi connectivity index (χ0n) is 8.35. The maximum Gasteiger partial charge on any atom is 0.461 e. The molecule has 1 aromatic heterocycles. The molecule has 0 saturated carbocycles. The van der Waals surface area contributed by atoms with Crippen molar-refractivity contribution in [1.29, 1.82) is 0 Å². The molecule has 0 aliphatic rings. The molecule has 0 saturated heterocycles. The standard InChI is InChI=1S/C8H6ClF5N2O/c1-2-16-5(4(9)3-15-16)6(17)7(10,11)8(12,13)14/h3H,2H2,1H3. The van der Waals surface area contributed by atoms with Crippen LogP contribution in [0.1, 0.15) is 17.4 Å². The Balaban J connectivity index is 3.26. The third-order valence-corrected chi connectivity index (χ3v) is 2.23. The number of halogens is 6. The Morgan fingerprint density at radius 3 is 2.35 bits per heavy atom. The van der Waals surface area contributed by atoms with Crippen molar-refractivity contribution in [1.82, 2.24) is 9.78 Å². The monoisotopic (exact) mass is 276 g/mol. The number of hydrogen-bond acceptors (Lipinski definition) is 2. The van der Waals surface area contributed by atoms with Crippen LogP contribution < -0.4 is 0 Å². The summed E-state index contributed by atoms with van der Waals surface area (Å²) in [4.78, 5) is 11.2. The van der Waals surface area contributed by atoms with Gasteiger partial charge in [-0.2, -0.15) is 27.1 Å². The number of rotatable bonds is 3. The molecular weight excluding hydrogens is 271 g/mol. The second-order valence-corrected chi connectivity index (χ2v) is 3.47. The van der Waals surface area contributed by atoms with Gasteiger partial charge in [0, 0.05) is 6.54 Å². The van der Waals surface area contributed by atoms with Gasteiger partial charge in [-0.1, -0.05) is 11.6 Å². The molecule has 0 amide bonds. The Morgan fingerprint density at radius 2 is 1.94 bits per heavy atom. The van der Waals surface area contributed by atoms with E-state index in [-0.39, 0.29) is 6.54 Å². The molecule has 0 aromatic carbocycles. The van der Waals surface area contributed by atoms with Gasteiger partial charge in [0.1, 0.15) is 5.69 Å². The second kappa shape index (κ2) is 4.25. The molecule has 0 fully saturated rings. The minimum atomic E-state index is -5.96. The molecule has 0 bridgehead atoms. The fraction of sp³-hybridized carbons (Fsp3) is 0.500. The number of hydrogen-bond donors (Lipinski definition) is 0. The lowest BCUT2D eigenvalue weighted by Gasteiger charge is -2.18. The van der Waals surface area contributed by atoms with Crippen molar-refractivity contribution in [3.8, 4) is 0 Å². The van der Waals surface area contributed by atoms with E-state index in [9.17, 15) is 26.7 Å². The topological polar surface area (TPSA) is 34.9 Å². The molecule has 0 spiro atoms. The van der Waals surface area contributed by atoms with Crippen molar-refractivity contribution in [3.05, 3.63) is 16.9 Å². The number of nitrogens with zero attached hydrogens (tertiary/aromatic N) is 2. The smallest absolute Gasteiger partial charge is 0.285 e. The molecule has 96 valence electrons. The Labute approximate surface area is 97.2 Å². The normalized spacial score (nSPS) is 12.9. The van der Waals surface area contributed by atoms with Crippen LogP contribution in [0.3, 0.4) is 0 Å². The van der Waals surface area contributed by atoms with E-state index in [1.54, 1.807) is 0 Å². The summed E-state index contributed by atoms with van der Waals surface area (Å²) >= 11 is 5.37. The quantitative estimate of drug-likeness (QED) is 0.628. The highest BCUT2D eigenvalue weighted by atomic mass is 35.5. The number of carbonyl (C=O) groups excluding carboxylic acids is 1. The average molecular weight is 277 g/mol. The Bertz CT molecular complexity index is 440. The second-order valence-electron chi connectivity index (χ2n) is 3.06. The van der Waals surface area contributed by atoms with Gasteiger partial charge in [-0.05, 0) is 6.92 Å². The lowest BCUT2D eigenvalue weighted by molar-refractivity contribution is -0.256. The van der Waals surface area contributed by atoms with E-state index in [2.05, 4.69) is 5.10 Å². The molecule has 1 aromatic rings. The predicted octanol–water partition coefficient (Wildman–Crippen LogP) is 2.94. The summed E-state index contributed by atoms with van der Waals surface area (Å²) in [7, 11) is 0. The van der Waals surface area contributed by atoms with Gasteiger partial charge in [0.15, 0.2) is 0 Å². The highest BCUT2D eigenvalue weighted by Gasteiger charge is 2.64. The molecule has 17 heavy (non-hydrogen) atoms. The van der Waals surface area contributed by atoms with Crippen LogP contribution in [0.2, 0.25) is 5.02 Å². The van der Waals surface area contributed by atoms with E-state index >= 15 is 0 Å². The van der Waals surface area contributed by atoms with Gasteiger partial charge in [0.05, 0.1) is 11.2 Å². The average Bonchev–Trinajstić information content (AvgIpc) is 2.56. The Kier molecular flexibility index (Phi) is 3.47. The Hall–Kier alpha value is -1.18. The van der Waals surface area contributed by atoms with Gasteiger partial charge in [-0.3, -0.25) is 9.48 Å². The van der Waals surface area contributed by atoms with E-state index < -0.39 is 28.6 Å². The highest BCUT2D eigenvalue weighted by Crippen LogP contribution is 2.39. The SMILES string of the molecule is CCn1ncc(Cl)c1C(=O)C(F)(F)C(F)(F)F. The predicted molar refractivity (Wildman–Crippen MR) is 48.2 cm³/mol. The maximum atomic E-state index is 12.8. The summed E-state index contributed by atoms with van der Waals surface area (Å²) in [6.45, 7) is 1.37. The number of Topliss-reactive ketones (excluding diaryl/α,β-unsaturated/α-hetero) is 1. The van der Waals surface area contributed by atoms with Crippen LogP contribution in [0.4, 0.5) is 22.0 Å². The maximum absolute atomic E-state index is 12.8. The third-order valence-electron chi connectivity index (χ3n) is 1.95. The fourth-order valence-electron chi connectivity index (χ4n) is 1.11. The molecule has 1 rings (SSSR count). The van der Waals surface area contributed by atoms with Crippen molar-refractivity contribution in [3.63, 3.8) is 0 Å². The molecule has 0 N–H and O–H groups in total. The molecule has 1 heterocycles. The number of alkyl halides is 5. The largest absolute Gasteiger partial charge is 0.461 e. The van der Waals surface area contributed by atoms with Crippen LogP contribution in [0.5, 0.6) is 0 Å². The lowest BCUT2D eigenvalue weighted by Crippen LogP contribution is -2.45. The zero-order valence-corrected chi connectivity index (χ0v) is 9.11. The van der Waals surface area contributed by atoms with Crippen LogP contribution in [-0.2, 0) is 6.54 Å². The van der Waals surface area contributed by atoms with Gasteiger partial charge in [0.2, 0.25) is 0 Å². The van der Waals surface area contributed by atoms with Crippen molar-refractivity contribution in [2.45, 2.75) is 25.6 Å². The van der Waals surface area contributed by atoms with E-state index in [4.69, 9.17) is 11.6 Å². The van der Waals surface area contributed by atoms with Gasteiger partial charge in [0.25, 0.3) is 5.78 Å². The zero-order chi connectivity index (χ0) is 13.4. The minimum absolute atomic E-state index is 0.0538. The van der Waals surface area contributed by atoms with Crippen LogP contribution in [0, 0.1) is 0 Å². The first-order valence-electron chi connectivity index (χ1n) is 4.33. The summed E-state index contributed by atoms with van der Waals surface area (Å²) in [5.41, 5.74) is -0.948. The highest BCUT2D eigenvalue weighted by molar-refractivity contribution is 6.34. The van der Waals surface area contributed by atoms with Crippen molar-refractivity contribution in [2.75, 3.05) is 0 Å². The first-order chi connectivity index (χ1) is 7.63. The number of carbonyl (C=O) groups is 1. The number of aryl methyl sites for hydroxylation is 1. The minimum Gasteiger partial charge on any atom is -0.285 e. The third kappa shape index (κ3) is 2.26. The van der Waals surface area contributed by atoms with Crippen molar-refractivity contribution >= 4 is 17.4 Å². The molecule has 3 nitrogen and oxygen atoms in total. The van der Waals surface area contributed by atoms with Crippen LogP contribution >= 0.6 is 11.6 Å². The molecule has 0 aliphatic heterocycles. The van der Waals surface area contributed by atoms with Gasteiger partial charge >= 0.3 is 12.1 Å². The summed E-state index contributed by atoms with van der Waals surface area (Å²) < 4.78 is 62.3. The summed E-state index contributed by atoms with van der Waals surface area (Å²) in [5, 5.41) is 2.87. The molecule has 9 heteroatoms. The van der Waals surface area contributed by atoms with E-state index in [0.29, 0.717) is 4.68 Å². The van der Waals surface area contributed by atoms with Crippen LogP contribution in [0.25, 0.3) is 0 Å². The van der Waals surface area contributed by atoms with Gasteiger partial charge in [-0.15, -0.1) is 0 Å². The van der Waals surface area contributed by atoms with Gasteiger partial charge in [-0.25, -0.2) is 0 Å². The lowest BCUT2D eigenvalue weighted by atomic mass is 10.1. The van der Waals surface area contributed by atoms with Crippen molar-refractivity contribution < 1.29 is 26.7 Å². The van der Waals surface area contributed by atoms with Crippen molar-refractivity contribution in [2.24, 2.45) is 0 Å². The first kappa shape index (κ1) is 13.9. The first-order valence-corrected chi connectivity index (χ1v) is 4.71. The van der Waals surface area contributed by atoms with Crippen LogP contribution in [0.15, 0.2) is 6.20 Å². The summed E-state index contributed by atoms with van der Waals surface area (Å²) in [6, 6.07) is 0. The molecule has 0 atom stereocenters. The summed E-state index contributed by atoms with van der Waals surface area (Å²) in [5.74, 6) is -7.89.